The van der Waals surface area contributed by atoms with Crippen LogP contribution in [0, 0.1) is 29.6 Å². The first-order chi connectivity index (χ1) is 24.1. The molecule has 0 unspecified atom stereocenters. The second-order valence-electron chi connectivity index (χ2n) is 15.6. The van der Waals surface area contributed by atoms with Crippen LogP contribution in [0.4, 0.5) is 11.4 Å². The summed E-state index contributed by atoms with van der Waals surface area (Å²) in [7, 11) is 0. The number of anilines is 2. The molecule has 0 radical (unpaired) electrons. The van der Waals surface area contributed by atoms with Gasteiger partial charge in [0.25, 0.3) is 0 Å². The highest BCUT2D eigenvalue weighted by molar-refractivity contribution is 5.85. The van der Waals surface area contributed by atoms with Gasteiger partial charge in [0.1, 0.15) is 0 Å². The number of allylic oxidation sites excluding steroid dienone is 3. The molecule has 49 heavy (non-hydrogen) atoms. The molecule has 4 saturated carbocycles. The predicted molar refractivity (Wildman–Crippen MR) is 206 cm³/mol. The van der Waals surface area contributed by atoms with Crippen LogP contribution in [0.1, 0.15) is 62.6 Å². The Labute approximate surface area is 293 Å². The molecule has 0 amide bonds. The van der Waals surface area contributed by atoms with E-state index in [0.29, 0.717) is 5.92 Å². The topological polar surface area (TPSA) is 3.24 Å². The normalized spacial score (nSPS) is 24.9. The lowest BCUT2D eigenvalue weighted by Gasteiger charge is -2.61. The molecule has 0 N–H and O–H groups in total. The molecule has 244 valence electrons. The third-order valence-corrected chi connectivity index (χ3v) is 12.3. The Hall–Kier alpha value is -4.62. The van der Waals surface area contributed by atoms with Gasteiger partial charge in [-0.3, -0.25) is 0 Å². The third kappa shape index (κ3) is 5.21. The van der Waals surface area contributed by atoms with Gasteiger partial charge in [0, 0.05) is 22.5 Å². The first kappa shape index (κ1) is 30.4. The molecule has 0 heterocycles. The molecule has 0 saturated heterocycles. The van der Waals surface area contributed by atoms with Gasteiger partial charge < -0.3 is 4.90 Å². The van der Waals surface area contributed by atoms with Gasteiger partial charge in [-0.1, -0.05) is 129 Å². The van der Waals surface area contributed by atoms with Crippen LogP contribution in [0.5, 0.6) is 0 Å². The monoisotopic (exact) mass is 637 g/mol. The molecule has 0 aliphatic heterocycles. The Balaban J connectivity index is 1.19. The van der Waals surface area contributed by atoms with Gasteiger partial charge in [0.15, 0.2) is 0 Å². The van der Waals surface area contributed by atoms with Crippen molar-refractivity contribution in [2.75, 3.05) is 4.90 Å². The fraction of sp³-hybridized carbons (Fsp3) is 0.292. The smallest absolute Gasteiger partial charge is 0.0464 e. The van der Waals surface area contributed by atoms with Gasteiger partial charge >= 0.3 is 0 Å². The van der Waals surface area contributed by atoms with Crippen LogP contribution in [0.3, 0.4) is 0 Å². The standard InChI is InChI=1S/C48H47N/c1-33(2)26-42(17-11-14-34-12-5-3-6-13-34)49(41-22-20-38(21-23-41)37-15-7-4-8-16-37)43-24-25-45-44-18-9-10-19-46(44)48(47(45)32-43)39-28-35-27-36(30-39)31-40(48)29-35/h3-13,15-26,32-33,35-36,39-40H,14,27-31H2,1-2H3/b17-11-,42-26+. The number of rotatable bonds is 8. The van der Waals surface area contributed by atoms with Crippen molar-refractivity contribution in [3.8, 4) is 22.3 Å². The zero-order valence-corrected chi connectivity index (χ0v) is 28.9. The largest absolute Gasteiger partial charge is 0.311 e. The van der Waals surface area contributed by atoms with Crippen molar-refractivity contribution in [2.45, 2.75) is 57.8 Å². The van der Waals surface area contributed by atoms with E-state index in [-0.39, 0.29) is 5.41 Å². The summed E-state index contributed by atoms with van der Waals surface area (Å²) in [6.07, 6.45) is 15.1. The number of hydrogen-bond donors (Lipinski definition) is 0. The summed E-state index contributed by atoms with van der Waals surface area (Å²) < 4.78 is 0. The van der Waals surface area contributed by atoms with Crippen molar-refractivity contribution in [2.24, 2.45) is 29.6 Å². The lowest BCUT2D eigenvalue weighted by Crippen LogP contribution is -2.55. The molecule has 4 fully saturated rings. The predicted octanol–water partition coefficient (Wildman–Crippen LogP) is 12.6. The van der Waals surface area contributed by atoms with Gasteiger partial charge in [-0.15, -0.1) is 0 Å². The zero-order valence-electron chi connectivity index (χ0n) is 28.9. The van der Waals surface area contributed by atoms with Crippen LogP contribution in [0.25, 0.3) is 22.3 Å². The van der Waals surface area contributed by atoms with Crippen LogP contribution in [0.15, 0.2) is 151 Å². The highest BCUT2D eigenvalue weighted by atomic mass is 15.1. The van der Waals surface area contributed by atoms with Crippen molar-refractivity contribution in [1.82, 2.24) is 0 Å². The van der Waals surface area contributed by atoms with Crippen molar-refractivity contribution >= 4 is 11.4 Å². The number of benzene rings is 5. The second-order valence-corrected chi connectivity index (χ2v) is 15.6. The number of fused-ring (bicyclic) bond motifs is 3. The molecule has 10 rings (SSSR count). The molecular weight excluding hydrogens is 591 g/mol. The van der Waals surface area contributed by atoms with Crippen LogP contribution < -0.4 is 4.90 Å². The van der Waals surface area contributed by atoms with Crippen LogP contribution in [0.2, 0.25) is 0 Å². The lowest BCUT2D eigenvalue weighted by molar-refractivity contribution is -0.0399. The minimum atomic E-state index is 0.142. The molecular formula is C48H47N. The van der Waals surface area contributed by atoms with E-state index in [0.717, 1.165) is 30.1 Å². The third-order valence-electron chi connectivity index (χ3n) is 12.3. The fourth-order valence-corrected chi connectivity index (χ4v) is 10.6. The van der Waals surface area contributed by atoms with E-state index in [9.17, 15) is 0 Å². The SMILES string of the molecule is CC(C)/C=C(\C=C/Cc1ccccc1)N(c1ccc(-c2ccccc2)cc1)c1ccc2c(c1)C1(c3ccccc3-2)C2CC3CC(C2)CC1C3. The van der Waals surface area contributed by atoms with E-state index in [1.54, 1.807) is 11.1 Å². The first-order valence-corrected chi connectivity index (χ1v) is 18.7. The lowest BCUT2D eigenvalue weighted by atomic mass is 9.43. The summed E-state index contributed by atoms with van der Waals surface area (Å²) >= 11 is 0. The average molecular weight is 638 g/mol. The summed E-state index contributed by atoms with van der Waals surface area (Å²) in [6.45, 7) is 4.59. The molecule has 0 aromatic heterocycles. The Morgan fingerprint density at radius 1 is 0.633 bits per heavy atom. The van der Waals surface area contributed by atoms with E-state index in [2.05, 4.69) is 164 Å². The van der Waals surface area contributed by atoms with Gasteiger partial charge in [0.05, 0.1) is 0 Å². The average Bonchev–Trinajstić information content (AvgIpc) is 3.41. The Bertz CT molecular complexity index is 1990. The molecule has 1 heteroatoms. The minimum absolute atomic E-state index is 0.142. The van der Waals surface area contributed by atoms with Crippen LogP contribution in [-0.2, 0) is 11.8 Å². The van der Waals surface area contributed by atoms with Gasteiger partial charge in [-0.25, -0.2) is 0 Å². The first-order valence-electron chi connectivity index (χ1n) is 18.7. The van der Waals surface area contributed by atoms with Gasteiger partial charge in [-0.05, 0) is 137 Å². The zero-order chi connectivity index (χ0) is 33.0. The van der Waals surface area contributed by atoms with E-state index in [4.69, 9.17) is 0 Å². The molecule has 0 atom stereocenters. The summed E-state index contributed by atoms with van der Waals surface area (Å²) in [5.41, 5.74) is 13.8. The number of hydrogen-bond acceptors (Lipinski definition) is 1. The molecule has 5 aliphatic carbocycles. The maximum absolute atomic E-state index is 2.63. The summed E-state index contributed by atoms with van der Waals surface area (Å²) in [6, 6.07) is 47.7. The Morgan fingerprint density at radius 2 is 1.22 bits per heavy atom. The minimum Gasteiger partial charge on any atom is -0.311 e. The summed E-state index contributed by atoms with van der Waals surface area (Å²) in [5, 5.41) is 0. The summed E-state index contributed by atoms with van der Waals surface area (Å²) in [5.74, 6) is 3.76. The fourth-order valence-electron chi connectivity index (χ4n) is 10.6. The van der Waals surface area contributed by atoms with Gasteiger partial charge in [0.2, 0.25) is 0 Å². The maximum atomic E-state index is 2.63. The highest BCUT2D eigenvalue weighted by Gasteiger charge is 2.61. The Kier molecular flexibility index (Phi) is 7.68. The molecule has 5 aliphatic rings. The molecule has 1 spiro atoms. The molecule has 5 aromatic carbocycles. The maximum Gasteiger partial charge on any atom is 0.0464 e. The van der Waals surface area contributed by atoms with Crippen LogP contribution in [-0.4, -0.2) is 0 Å². The quantitative estimate of drug-likeness (QED) is 0.153. The van der Waals surface area contributed by atoms with Gasteiger partial charge in [-0.2, -0.15) is 0 Å². The molecule has 4 bridgehead atoms. The second kappa shape index (κ2) is 12.4. The van der Waals surface area contributed by atoms with Crippen LogP contribution >= 0.6 is 0 Å². The Morgan fingerprint density at radius 3 is 1.92 bits per heavy atom. The number of nitrogens with zero attached hydrogens (tertiary/aromatic N) is 1. The van der Waals surface area contributed by atoms with Crippen molar-refractivity contribution < 1.29 is 0 Å². The van der Waals surface area contributed by atoms with Crippen molar-refractivity contribution in [3.63, 3.8) is 0 Å². The highest BCUT2D eigenvalue weighted by Crippen LogP contribution is 2.69. The van der Waals surface area contributed by atoms with E-state index in [1.807, 2.05) is 0 Å². The van der Waals surface area contributed by atoms with Crippen molar-refractivity contribution in [1.29, 1.82) is 0 Å². The molecule has 5 aromatic rings. The van der Waals surface area contributed by atoms with Crippen molar-refractivity contribution in [3.05, 3.63) is 168 Å². The van der Waals surface area contributed by atoms with E-state index in [1.165, 1.54) is 77.0 Å². The summed E-state index contributed by atoms with van der Waals surface area (Å²) in [4.78, 5) is 2.53. The van der Waals surface area contributed by atoms with E-state index < -0.39 is 0 Å². The molecule has 1 nitrogen and oxygen atoms in total. The van der Waals surface area contributed by atoms with E-state index >= 15 is 0 Å².